The van der Waals surface area contributed by atoms with Crippen LogP contribution in [0.4, 0.5) is 0 Å². The average Bonchev–Trinajstić information content (AvgIpc) is 2.64. The Morgan fingerprint density at radius 3 is 2.54 bits per heavy atom. The van der Waals surface area contributed by atoms with Crippen LogP contribution in [0.2, 0.25) is 0 Å². The molecular weight excluding hydrogens is 168 g/mol. The summed E-state index contributed by atoms with van der Waals surface area (Å²) >= 11 is 0. The minimum Gasteiger partial charge on any atom is -0.211 e. The molecule has 0 aromatic rings. The number of hydrogen-bond acceptors (Lipinski definition) is 4. The Morgan fingerprint density at radius 1 is 1.08 bits per heavy atom. The fraction of sp³-hybridized carbons (Fsp3) is 0.778. The van der Waals surface area contributed by atoms with Crippen molar-refractivity contribution >= 4 is 12.2 Å². The summed E-state index contributed by atoms with van der Waals surface area (Å²) in [5.74, 6) is 0.724. The first-order chi connectivity index (χ1) is 6.36. The number of carbonyl (C=O) groups excluding carboxylic acids is 2. The molecule has 4 atom stereocenters. The maximum atomic E-state index is 10.1. The molecular formula is C9H10N2O2. The normalized spacial score (nSPS) is 40.9. The molecule has 2 rings (SSSR count). The third-order valence-electron chi connectivity index (χ3n) is 3.25. The largest absolute Gasteiger partial charge is 0.235 e. The maximum absolute atomic E-state index is 10.1. The van der Waals surface area contributed by atoms with E-state index in [1.807, 2.05) is 0 Å². The van der Waals surface area contributed by atoms with Gasteiger partial charge in [0.05, 0.1) is 12.1 Å². The average molecular weight is 178 g/mol. The minimum absolute atomic E-state index is 0.0540. The molecule has 0 amide bonds. The van der Waals surface area contributed by atoms with Gasteiger partial charge in [0.1, 0.15) is 0 Å². The summed E-state index contributed by atoms with van der Waals surface area (Å²) in [5, 5.41) is 0. The number of hydrogen-bond donors (Lipinski definition) is 0. The second kappa shape index (κ2) is 3.25. The van der Waals surface area contributed by atoms with Gasteiger partial charge < -0.3 is 0 Å². The predicted molar refractivity (Wildman–Crippen MR) is 44.7 cm³/mol. The number of aliphatic imine (C=N–C) groups is 2. The molecule has 0 aromatic carbocycles. The van der Waals surface area contributed by atoms with Gasteiger partial charge in [0.15, 0.2) is 0 Å². The highest BCUT2D eigenvalue weighted by Gasteiger charge is 2.48. The van der Waals surface area contributed by atoms with Crippen molar-refractivity contribution in [1.29, 1.82) is 0 Å². The fourth-order valence-electron chi connectivity index (χ4n) is 2.74. The first kappa shape index (κ1) is 8.36. The van der Waals surface area contributed by atoms with Crippen LogP contribution < -0.4 is 0 Å². The lowest BCUT2D eigenvalue weighted by atomic mass is 9.96. The Morgan fingerprint density at radius 2 is 1.85 bits per heavy atom. The minimum atomic E-state index is 0.0540. The molecule has 13 heavy (non-hydrogen) atoms. The molecule has 0 N–H and O–H groups in total. The number of isocyanates is 2. The fourth-order valence-corrected chi connectivity index (χ4v) is 2.74. The van der Waals surface area contributed by atoms with E-state index in [9.17, 15) is 9.59 Å². The number of rotatable bonds is 2. The van der Waals surface area contributed by atoms with E-state index in [-0.39, 0.29) is 18.0 Å². The van der Waals surface area contributed by atoms with Crippen LogP contribution in [0.1, 0.15) is 19.3 Å². The Balaban J connectivity index is 2.18. The summed E-state index contributed by atoms with van der Waals surface area (Å²) in [6.45, 7) is 0. The lowest BCUT2D eigenvalue weighted by Gasteiger charge is -2.14. The molecule has 2 saturated carbocycles. The van der Waals surface area contributed by atoms with E-state index in [1.165, 1.54) is 0 Å². The molecule has 2 aliphatic rings. The van der Waals surface area contributed by atoms with Crippen LogP contribution in [-0.4, -0.2) is 24.2 Å². The van der Waals surface area contributed by atoms with Crippen molar-refractivity contribution in [3.05, 3.63) is 0 Å². The van der Waals surface area contributed by atoms with E-state index >= 15 is 0 Å². The first-order valence-electron chi connectivity index (χ1n) is 4.50. The first-order valence-corrected chi connectivity index (χ1v) is 4.50. The van der Waals surface area contributed by atoms with Gasteiger partial charge in [-0.1, -0.05) is 0 Å². The third-order valence-corrected chi connectivity index (χ3v) is 3.25. The molecule has 4 unspecified atom stereocenters. The van der Waals surface area contributed by atoms with Crippen molar-refractivity contribution in [3.63, 3.8) is 0 Å². The van der Waals surface area contributed by atoms with Gasteiger partial charge >= 0.3 is 0 Å². The summed E-state index contributed by atoms with van der Waals surface area (Å²) in [6.07, 6.45) is 6.21. The van der Waals surface area contributed by atoms with Crippen LogP contribution in [0, 0.1) is 11.8 Å². The third kappa shape index (κ3) is 1.24. The van der Waals surface area contributed by atoms with Gasteiger partial charge in [-0.05, 0) is 25.2 Å². The molecule has 4 nitrogen and oxygen atoms in total. The summed E-state index contributed by atoms with van der Waals surface area (Å²) in [6, 6.07) is 0.123. The zero-order valence-electron chi connectivity index (χ0n) is 7.14. The van der Waals surface area contributed by atoms with Crippen LogP contribution in [0.5, 0.6) is 0 Å². The second-order valence-corrected chi connectivity index (χ2v) is 3.74. The van der Waals surface area contributed by atoms with Gasteiger partial charge in [0.2, 0.25) is 12.2 Å². The molecule has 0 spiro atoms. The van der Waals surface area contributed by atoms with Crippen LogP contribution in [-0.2, 0) is 9.59 Å². The maximum Gasteiger partial charge on any atom is 0.235 e. The topological polar surface area (TPSA) is 58.9 Å². The summed E-state index contributed by atoms with van der Waals surface area (Å²) in [4.78, 5) is 27.8. The SMILES string of the molecule is O=C=NC1CC2CCC1C2N=C=O. The highest BCUT2D eigenvalue weighted by molar-refractivity contribution is 5.36. The summed E-state index contributed by atoms with van der Waals surface area (Å²) in [7, 11) is 0. The standard InChI is InChI=1S/C9H10N2O2/c12-4-10-8-3-6-1-2-7(8)9(6)11-5-13/h6-9H,1-3H2. The summed E-state index contributed by atoms with van der Waals surface area (Å²) < 4.78 is 0. The zero-order valence-corrected chi connectivity index (χ0v) is 7.14. The van der Waals surface area contributed by atoms with Gasteiger partial charge in [-0.3, -0.25) is 0 Å². The quantitative estimate of drug-likeness (QED) is 0.464. The monoisotopic (exact) mass is 178 g/mol. The predicted octanol–water partition coefficient (Wildman–Crippen LogP) is 0.825. The van der Waals surface area contributed by atoms with E-state index in [0.717, 1.165) is 19.3 Å². The van der Waals surface area contributed by atoms with Crippen molar-refractivity contribution in [2.45, 2.75) is 31.3 Å². The number of fused-ring (bicyclic) bond motifs is 2. The lowest BCUT2D eigenvalue weighted by Crippen LogP contribution is -2.17. The summed E-state index contributed by atoms with van der Waals surface area (Å²) in [5.41, 5.74) is 0. The lowest BCUT2D eigenvalue weighted by molar-refractivity contribution is 0.415. The van der Waals surface area contributed by atoms with Crippen LogP contribution >= 0.6 is 0 Å². The van der Waals surface area contributed by atoms with Crippen LogP contribution in [0.15, 0.2) is 9.98 Å². The molecule has 4 heteroatoms. The van der Waals surface area contributed by atoms with E-state index in [2.05, 4.69) is 9.98 Å². The van der Waals surface area contributed by atoms with Crippen molar-refractivity contribution in [2.75, 3.05) is 0 Å². The Hall–Kier alpha value is -1.24. The van der Waals surface area contributed by atoms with Crippen LogP contribution in [0.25, 0.3) is 0 Å². The van der Waals surface area contributed by atoms with Crippen molar-refractivity contribution in [2.24, 2.45) is 21.8 Å². The molecule has 2 fully saturated rings. The van der Waals surface area contributed by atoms with E-state index in [0.29, 0.717) is 5.92 Å². The molecule has 2 aliphatic carbocycles. The zero-order chi connectivity index (χ0) is 9.26. The van der Waals surface area contributed by atoms with E-state index in [1.54, 1.807) is 12.2 Å². The Labute approximate surface area is 75.8 Å². The molecule has 0 heterocycles. The molecule has 0 aromatic heterocycles. The molecule has 68 valence electrons. The smallest absolute Gasteiger partial charge is 0.211 e. The molecule has 2 bridgehead atoms. The van der Waals surface area contributed by atoms with Crippen molar-refractivity contribution in [3.8, 4) is 0 Å². The van der Waals surface area contributed by atoms with Crippen molar-refractivity contribution < 1.29 is 9.59 Å². The highest BCUT2D eigenvalue weighted by Crippen LogP contribution is 2.47. The molecule has 0 radical (unpaired) electrons. The highest BCUT2D eigenvalue weighted by atomic mass is 16.1. The van der Waals surface area contributed by atoms with Gasteiger partial charge in [0, 0.05) is 5.92 Å². The molecule has 0 saturated heterocycles. The second-order valence-electron chi connectivity index (χ2n) is 3.74. The number of nitrogens with zero attached hydrogens (tertiary/aromatic N) is 2. The molecule has 0 aliphatic heterocycles. The Bertz CT molecular complexity index is 303. The van der Waals surface area contributed by atoms with Crippen molar-refractivity contribution in [1.82, 2.24) is 0 Å². The van der Waals surface area contributed by atoms with Gasteiger partial charge in [-0.15, -0.1) is 0 Å². The van der Waals surface area contributed by atoms with E-state index in [4.69, 9.17) is 0 Å². The Kier molecular flexibility index (Phi) is 2.09. The van der Waals surface area contributed by atoms with Gasteiger partial charge in [0.25, 0.3) is 0 Å². The van der Waals surface area contributed by atoms with Crippen LogP contribution in [0.3, 0.4) is 0 Å². The van der Waals surface area contributed by atoms with Gasteiger partial charge in [-0.2, -0.15) is 0 Å². The van der Waals surface area contributed by atoms with Gasteiger partial charge in [-0.25, -0.2) is 19.6 Å². The van der Waals surface area contributed by atoms with E-state index < -0.39 is 0 Å².